The van der Waals surface area contributed by atoms with Crippen molar-refractivity contribution in [3.63, 3.8) is 0 Å². The second kappa shape index (κ2) is 5.76. The number of nitrogens with zero attached hydrogens (tertiary/aromatic N) is 1. The van der Waals surface area contributed by atoms with E-state index in [4.69, 9.17) is 11.5 Å². The van der Waals surface area contributed by atoms with Crippen LogP contribution in [0.15, 0.2) is 0 Å². The number of carboxylic acid groups (broad SMARTS) is 1. The molecule has 2 amide bonds. The van der Waals surface area contributed by atoms with Gasteiger partial charge in [-0.1, -0.05) is 12.8 Å². The van der Waals surface area contributed by atoms with Crippen LogP contribution in [-0.4, -0.2) is 40.6 Å². The van der Waals surface area contributed by atoms with Gasteiger partial charge in [0, 0.05) is 6.54 Å². The Bertz CT molecular complexity index is 371. The first-order valence-electron chi connectivity index (χ1n) is 6.17. The molecule has 1 saturated carbocycles. The first-order chi connectivity index (χ1) is 8.42. The number of hydrogen-bond acceptors (Lipinski definition) is 2. The number of urea groups is 1. The average molecular weight is 252 g/mol. The maximum Gasteiger partial charge on any atom is 0.329 e. The van der Waals surface area contributed by atoms with Crippen molar-refractivity contribution < 1.29 is 14.7 Å². The zero-order valence-electron chi connectivity index (χ0n) is 10.9. The van der Waals surface area contributed by atoms with E-state index < -0.39 is 17.5 Å². The molecule has 18 heavy (non-hydrogen) atoms. The van der Waals surface area contributed by atoms with Gasteiger partial charge in [-0.25, -0.2) is 9.59 Å². The van der Waals surface area contributed by atoms with E-state index in [-0.39, 0.29) is 6.54 Å². The van der Waals surface area contributed by atoms with Crippen LogP contribution in [-0.2, 0) is 4.79 Å². The summed E-state index contributed by atoms with van der Waals surface area (Å²) in [4.78, 5) is 24.7. The molecule has 1 aliphatic rings. The Labute approximate surface area is 108 Å². The summed E-state index contributed by atoms with van der Waals surface area (Å²) in [6.45, 7) is 4.04. The van der Waals surface area contributed by atoms with Gasteiger partial charge in [0.25, 0.3) is 0 Å². The Kier molecular flexibility index (Phi) is 4.60. The summed E-state index contributed by atoms with van der Waals surface area (Å²) in [5.41, 5.74) is -1.24. The van der Waals surface area contributed by atoms with E-state index in [9.17, 15) is 9.59 Å². The van der Waals surface area contributed by atoms with E-state index in [0.717, 1.165) is 12.8 Å². The number of rotatable bonds is 6. The van der Waals surface area contributed by atoms with Gasteiger partial charge in [-0.05, 0) is 32.1 Å². The minimum Gasteiger partial charge on any atom is -0.480 e. The first kappa shape index (κ1) is 14.4. The summed E-state index contributed by atoms with van der Waals surface area (Å²) < 4.78 is 0. The van der Waals surface area contributed by atoms with E-state index in [1.54, 1.807) is 6.92 Å². The van der Waals surface area contributed by atoms with Crippen LogP contribution in [0.5, 0.6) is 0 Å². The molecule has 0 aliphatic heterocycles. The van der Waals surface area contributed by atoms with E-state index in [1.807, 2.05) is 0 Å². The summed E-state index contributed by atoms with van der Waals surface area (Å²) in [7, 11) is 0. The zero-order chi connectivity index (χ0) is 13.8. The lowest BCUT2D eigenvalue weighted by Crippen LogP contribution is -2.56. The molecular weight excluding hydrogens is 232 g/mol. The molecule has 5 heteroatoms. The maximum absolute atomic E-state index is 12.0. The van der Waals surface area contributed by atoms with E-state index in [1.165, 1.54) is 11.8 Å². The minimum absolute atomic E-state index is 0.210. The molecular formula is C13H20N2O3. The molecule has 0 heterocycles. The van der Waals surface area contributed by atoms with Crippen molar-refractivity contribution in [1.82, 2.24) is 10.2 Å². The second-order valence-electron chi connectivity index (χ2n) is 4.95. The van der Waals surface area contributed by atoms with Crippen LogP contribution < -0.4 is 5.32 Å². The smallest absolute Gasteiger partial charge is 0.329 e. The summed E-state index contributed by atoms with van der Waals surface area (Å²) in [5, 5.41) is 11.7. The molecule has 1 atom stereocenters. The van der Waals surface area contributed by atoms with Crippen LogP contribution in [0.1, 0.15) is 33.1 Å². The van der Waals surface area contributed by atoms with Crippen molar-refractivity contribution in [2.24, 2.45) is 5.92 Å². The van der Waals surface area contributed by atoms with Gasteiger partial charge in [-0.2, -0.15) is 0 Å². The van der Waals surface area contributed by atoms with Gasteiger partial charge in [-0.15, -0.1) is 6.42 Å². The van der Waals surface area contributed by atoms with Crippen molar-refractivity contribution in [3.05, 3.63) is 0 Å². The molecule has 1 unspecified atom stereocenters. The number of amides is 2. The van der Waals surface area contributed by atoms with Gasteiger partial charge >= 0.3 is 12.0 Å². The monoisotopic (exact) mass is 252 g/mol. The Morgan fingerprint density at radius 2 is 2.17 bits per heavy atom. The van der Waals surface area contributed by atoms with Crippen molar-refractivity contribution in [2.75, 3.05) is 13.1 Å². The van der Waals surface area contributed by atoms with Crippen molar-refractivity contribution in [3.8, 4) is 12.3 Å². The fourth-order valence-corrected chi connectivity index (χ4v) is 1.55. The number of carbonyl (C=O) groups is 2. The topological polar surface area (TPSA) is 69.6 Å². The highest BCUT2D eigenvalue weighted by Gasteiger charge is 2.35. The first-order valence-corrected chi connectivity index (χ1v) is 6.17. The number of carboxylic acids is 1. The van der Waals surface area contributed by atoms with Gasteiger partial charge in [-0.3, -0.25) is 0 Å². The second-order valence-corrected chi connectivity index (χ2v) is 4.95. The lowest BCUT2D eigenvalue weighted by molar-refractivity contribution is -0.143. The fraction of sp³-hybridized carbons (Fsp3) is 0.692. The van der Waals surface area contributed by atoms with Crippen LogP contribution in [0, 0.1) is 18.3 Å². The highest BCUT2D eigenvalue weighted by molar-refractivity contribution is 5.86. The fourth-order valence-electron chi connectivity index (χ4n) is 1.55. The molecule has 0 aromatic carbocycles. The van der Waals surface area contributed by atoms with E-state index >= 15 is 0 Å². The lowest BCUT2D eigenvalue weighted by atomic mass is 10.00. The van der Waals surface area contributed by atoms with Crippen LogP contribution in [0.4, 0.5) is 4.79 Å². The molecule has 5 nitrogen and oxygen atoms in total. The number of hydrogen-bond donors (Lipinski definition) is 2. The summed E-state index contributed by atoms with van der Waals surface area (Å²) in [6.07, 6.45) is 7.77. The van der Waals surface area contributed by atoms with Crippen molar-refractivity contribution in [2.45, 2.75) is 38.6 Å². The highest BCUT2D eigenvalue weighted by Crippen LogP contribution is 2.29. The predicted molar refractivity (Wildman–Crippen MR) is 68.0 cm³/mol. The van der Waals surface area contributed by atoms with Gasteiger partial charge < -0.3 is 15.3 Å². The zero-order valence-corrected chi connectivity index (χ0v) is 10.9. The van der Waals surface area contributed by atoms with Gasteiger partial charge in [0.1, 0.15) is 5.54 Å². The molecule has 0 bridgehead atoms. The summed E-state index contributed by atoms with van der Waals surface area (Å²) in [6, 6.07) is -0.397. The molecule has 1 aliphatic carbocycles. The molecule has 1 rings (SSSR count). The average Bonchev–Trinajstić information content (AvgIpc) is 3.11. The maximum atomic E-state index is 12.0. The Morgan fingerprint density at radius 3 is 2.56 bits per heavy atom. The third-order valence-electron chi connectivity index (χ3n) is 3.31. The van der Waals surface area contributed by atoms with Crippen LogP contribution >= 0.6 is 0 Å². The van der Waals surface area contributed by atoms with Crippen molar-refractivity contribution in [1.29, 1.82) is 0 Å². The minimum atomic E-state index is -1.24. The number of carbonyl (C=O) groups excluding carboxylic acids is 1. The van der Waals surface area contributed by atoms with E-state index in [0.29, 0.717) is 18.9 Å². The molecule has 0 spiro atoms. The standard InChI is InChI=1S/C13H20N2O3/c1-4-8-15(9-10-6-7-10)12(18)14-13(3,5-2)11(16)17/h1,10H,5-9H2,2-3H3,(H,14,18)(H,16,17). The SMILES string of the molecule is C#CCN(CC1CC1)C(=O)NC(C)(CC)C(=O)O. The summed E-state index contributed by atoms with van der Waals surface area (Å²) in [5.74, 6) is 1.91. The number of terminal acetylenes is 1. The normalized spacial score (nSPS) is 17.4. The molecule has 0 aromatic rings. The Morgan fingerprint density at radius 1 is 1.56 bits per heavy atom. The largest absolute Gasteiger partial charge is 0.480 e. The lowest BCUT2D eigenvalue weighted by Gasteiger charge is -2.29. The van der Waals surface area contributed by atoms with Gasteiger partial charge in [0.05, 0.1) is 6.54 Å². The number of nitrogens with one attached hydrogen (secondary N) is 1. The Hall–Kier alpha value is -1.70. The predicted octanol–water partition coefficient (Wildman–Crippen LogP) is 1.29. The van der Waals surface area contributed by atoms with Gasteiger partial charge in [0.2, 0.25) is 0 Å². The molecule has 0 radical (unpaired) electrons. The third-order valence-corrected chi connectivity index (χ3v) is 3.31. The van der Waals surface area contributed by atoms with Crippen LogP contribution in [0.25, 0.3) is 0 Å². The molecule has 0 aromatic heterocycles. The molecule has 1 fully saturated rings. The summed E-state index contributed by atoms with van der Waals surface area (Å²) >= 11 is 0. The van der Waals surface area contributed by atoms with E-state index in [2.05, 4.69) is 11.2 Å². The quantitative estimate of drug-likeness (QED) is 0.700. The highest BCUT2D eigenvalue weighted by atomic mass is 16.4. The molecule has 100 valence electrons. The van der Waals surface area contributed by atoms with Crippen LogP contribution in [0.3, 0.4) is 0 Å². The van der Waals surface area contributed by atoms with Crippen molar-refractivity contribution >= 4 is 12.0 Å². The Balaban J connectivity index is 2.64. The van der Waals surface area contributed by atoms with Crippen LogP contribution in [0.2, 0.25) is 0 Å². The van der Waals surface area contributed by atoms with Gasteiger partial charge in [0.15, 0.2) is 0 Å². The third kappa shape index (κ3) is 3.66. The molecule has 0 saturated heterocycles. The number of aliphatic carboxylic acids is 1. The molecule has 2 N–H and O–H groups in total.